The van der Waals surface area contributed by atoms with E-state index in [0.717, 1.165) is 0 Å². The van der Waals surface area contributed by atoms with E-state index in [1.54, 1.807) is 13.0 Å². The molecule has 0 aliphatic rings. The van der Waals surface area contributed by atoms with Crippen molar-refractivity contribution in [1.82, 2.24) is 4.98 Å². The molecule has 0 radical (unpaired) electrons. The van der Waals surface area contributed by atoms with Crippen LogP contribution in [-0.2, 0) is 9.53 Å². The number of hydrogen-bond acceptors (Lipinski definition) is 5. The number of nitrogens with zero attached hydrogens (tertiary/aromatic N) is 1. The number of aromatic nitrogens is 1. The van der Waals surface area contributed by atoms with Crippen LogP contribution in [0.5, 0.6) is 0 Å². The Morgan fingerprint density at radius 2 is 2.24 bits per heavy atom. The number of aliphatic hydroxyl groups is 2. The standard InChI is InChI=1S/C11H14ClNO4/c1-6-3-4-13-11(12)9(6)10(16)7(14)5-8(15)17-2/h3-4,7,10,14,16H,5H2,1-2H3. The minimum absolute atomic E-state index is 0.112. The van der Waals surface area contributed by atoms with E-state index >= 15 is 0 Å². The van der Waals surface area contributed by atoms with Crippen LogP contribution in [0.1, 0.15) is 23.7 Å². The van der Waals surface area contributed by atoms with Gasteiger partial charge in [-0.1, -0.05) is 11.6 Å². The van der Waals surface area contributed by atoms with Crippen LogP contribution >= 0.6 is 11.6 Å². The predicted molar refractivity (Wildman–Crippen MR) is 61.6 cm³/mol. The minimum Gasteiger partial charge on any atom is -0.469 e. The largest absolute Gasteiger partial charge is 0.469 e. The zero-order valence-corrected chi connectivity index (χ0v) is 10.3. The van der Waals surface area contributed by atoms with Gasteiger partial charge in [0.2, 0.25) is 0 Å². The molecule has 2 N–H and O–H groups in total. The van der Waals surface area contributed by atoms with Crippen LogP contribution in [0.25, 0.3) is 0 Å². The molecule has 1 heterocycles. The summed E-state index contributed by atoms with van der Waals surface area (Å²) in [5.74, 6) is -0.603. The molecule has 0 fully saturated rings. The molecule has 17 heavy (non-hydrogen) atoms. The average Bonchev–Trinajstić information content (AvgIpc) is 2.28. The third kappa shape index (κ3) is 3.39. The maximum Gasteiger partial charge on any atom is 0.308 e. The van der Waals surface area contributed by atoms with Gasteiger partial charge in [0.15, 0.2) is 0 Å². The van der Waals surface area contributed by atoms with Gasteiger partial charge < -0.3 is 14.9 Å². The van der Waals surface area contributed by atoms with Crippen molar-refractivity contribution in [3.05, 3.63) is 28.5 Å². The number of methoxy groups -OCH3 is 1. The van der Waals surface area contributed by atoms with Crippen LogP contribution in [0.3, 0.4) is 0 Å². The Hall–Kier alpha value is -1.17. The van der Waals surface area contributed by atoms with E-state index in [2.05, 4.69) is 9.72 Å². The fourth-order valence-electron chi connectivity index (χ4n) is 1.45. The summed E-state index contributed by atoms with van der Waals surface area (Å²) in [7, 11) is 1.21. The summed E-state index contributed by atoms with van der Waals surface area (Å²) in [6, 6.07) is 1.66. The van der Waals surface area contributed by atoms with Gasteiger partial charge in [-0.2, -0.15) is 0 Å². The Morgan fingerprint density at radius 3 is 2.76 bits per heavy atom. The summed E-state index contributed by atoms with van der Waals surface area (Å²) in [6.07, 6.45) is -1.35. The number of esters is 1. The van der Waals surface area contributed by atoms with E-state index in [1.165, 1.54) is 13.3 Å². The number of hydrogen-bond donors (Lipinski definition) is 2. The number of carbonyl (C=O) groups is 1. The Kier molecular flexibility index (Phi) is 4.86. The molecule has 2 atom stereocenters. The van der Waals surface area contributed by atoms with Gasteiger partial charge in [0, 0.05) is 11.8 Å². The molecule has 0 aliphatic carbocycles. The number of halogens is 1. The fraction of sp³-hybridized carbons (Fsp3) is 0.455. The molecule has 0 saturated heterocycles. The average molecular weight is 260 g/mol. The molecule has 6 heteroatoms. The van der Waals surface area contributed by atoms with Gasteiger partial charge in [0.1, 0.15) is 11.3 Å². The topological polar surface area (TPSA) is 79.7 Å². The van der Waals surface area contributed by atoms with Gasteiger partial charge in [-0.15, -0.1) is 0 Å². The molecule has 0 aromatic carbocycles. The van der Waals surface area contributed by atoms with Crippen molar-refractivity contribution in [2.45, 2.75) is 25.6 Å². The summed E-state index contributed by atoms with van der Waals surface area (Å²) in [4.78, 5) is 14.8. The maximum atomic E-state index is 11.0. The smallest absolute Gasteiger partial charge is 0.308 e. The van der Waals surface area contributed by atoms with Crippen LogP contribution in [0, 0.1) is 6.92 Å². The molecule has 0 spiro atoms. The van der Waals surface area contributed by atoms with E-state index in [9.17, 15) is 15.0 Å². The molecular formula is C11H14ClNO4. The third-order valence-electron chi connectivity index (χ3n) is 2.42. The molecule has 1 rings (SSSR count). The zero-order valence-electron chi connectivity index (χ0n) is 9.55. The van der Waals surface area contributed by atoms with Crippen molar-refractivity contribution in [3.8, 4) is 0 Å². The summed E-state index contributed by atoms with van der Waals surface area (Å²) < 4.78 is 4.41. The summed E-state index contributed by atoms with van der Waals surface area (Å²) in [5, 5.41) is 19.7. The second-order valence-electron chi connectivity index (χ2n) is 3.62. The molecule has 1 aromatic heterocycles. The Bertz CT molecular complexity index is 390. The highest BCUT2D eigenvalue weighted by Gasteiger charge is 2.25. The van der Waals surface area contributed by atoms with Crippen molar-refractivity contribution in [2.75, 3.05) is 7.11 Å². The number of pyridine rings is 1. The molecule has 5 nitrogen and oxygen atoms in total. The van der Waals surface area contributed by atoms with Crippen LogP contribution < -0.4 is 0 Å². The fourth-order valence-corrected chi connectivity index (χ4v) is 1.77. The van der Waals surface area contributed by atoms with Crippen LogP contribution in [0.15, 0.2) is 12.3 Å². The summed E-state index contributed by atoms with van der Waals surface area (Å²) >= 11 is 5.84. The first-order chi connectivity index (χ1) is 7.97. The van der Waals surface area contributed by atoms with E-state index in [1.807, 2.05) is 0 Å². The minimum atomic E-state index is -1.28. The predicted octanol–water partition coefficient (Wildman–Crippen LogP) is 1.00. The summed E-state index contributed by atoms with van der Waals surface area (Å²) in [6.45, 7) is 1.73. The Labute approximate surface area is 104 Å². The molecule has 0 saturated carbocycles. The van der Waals surface area contributed by atoms with E-state index in [-0.39, 0.29) is 11.6 Å². The highest BCUT2D eigenvalue weighted by Crippen LogP contribution is 2.27. The molecule has 0 aliphatic heterocycles. The van der Waals surface area contributed by atoms with E-state index < -0.39 is 18.2 Å². The van der Waals surface area contributed by atoms with Crippen molar-refractivity contribution in [3.63, 3.8) is 0 Å². The number of carbonyl (C=O) groups excluding carboxylic acids is 1. The van der Waals surface area contributed by atoms with Crippen LogP contribution in [0.2, 0.25) is 5.15 Å². The van der Waals surface area contributed by atoms with Gasteiger partial charge in [-0.05, 0) is 18.6 Å². The lowest BCUT2D eigenvalue weighted by atomic mass is 10.00. The molecule has 94 valence electrons. The second-order valence-corrected chi connectivity index (χ2v) is 3.98. The first-order valence-electron chi connectivity index (χ1n) is 5.01. The first-order valence-corrected chi connectivity index (χ1v) is 5.39. The molecule has 2 unspecified atom stereocenters. The maximum absolute atomic E-state index is 11.0. The summed E-state index contributed by atoms with van der Waals surface area (Å²) in [5.41, 5.74) is 1.02. The molecule has 1 aromatic rings. The highest BCUT2D eigenvalue weighted by molar-refractivity contribution is 6.30. The third-order valence-corrected chi connectivity index (χ3v) is 2.72. The van der Waals surface area contributed by atoms with E-state index in [0.29, 0.717) is 11.1 Å². The highest BCUT2D eigenvalue weighted by atomic mass is 35.5. The monoisotopic (exact) mass is 259 g/mol. The molecular weight excluding hydrogens is 246 g/mol. The quantitative estimate of drug-likeness (QED) is 0.623. The van der Waals surface area contributed by atoms with Crippen molar-refractivity contribution in [1.29, 1.82) is 0 Å². The Morgan fingerprint density at radius 1 is 1.59 bits per heavy atom. The number of ether oxygens (including phenoxy) is 1. The van der Waals surface area contributed by atoms with Crippen LogP contribution in [0.4, 0.5) is 0 Å². The lowest BCUT2D eigenvalue weighted by Gasteiger charge is -2.19. The van der Waals surface area contributed by atoms with Gasteiger partial charge in [0.25, 0.3) is 0 Å². The SMILES string of the molecule is COC(=O)CC(O)C(O)c1c(C)ccnc1Cl. The molecule has 0 bridgehead atoms. The number of rotatable bonds is 4. The van der Waals surface area contributed by atoms with Crippen LogP contribution in [-0.4, -0.2) is 34.4 Å². The van der Waals surface area contributed by atoms with Gasteiger partial charge in [0.05, 0.1) is 19.6 Å². The first kappa shape index (κ1) is 13.9. The Balaban J connectivity index is 2.88. The lowest BCUT2D eigenvalue weighted by molar-refractivity contribution is -0.144. The van der Waals surface area contributed by atoms with Crippen molar-refractivity contribution in [2.24, 2.45) is 0 Å². The van der Waals surface area contributed by atoms with Crippen molar-refractivity contribution >= 4 is 17.6 Å². The lowest BCUT2D eigenvalue weighted by Crippen LogP contribution is -2.23. The number of aliphatic hydroxyl groups excluding tert-OH is 2. The zero-order chi connectivity index (χ0) is 13.0. The van der Waals surface area contributed by atoms with E-state index in [4.69, 9.17) is 11.6 Å². The van der Waals surface area contributed by atoms with Gasteiger partial charge in [-0.3, -0.25) is 4.79 Å². The van der Waals surface area contributed by atoms with Gasteiger partial charge >= 0.3 is 5.97 Å². The number of aryl methyl sites for hydroxylation is 1. The molecule has 0 amide bonds. The van der Waals surface area contributed by atoms with Gasteiger partial charge in [-0.25, -0.2) is 4.98 Å². The second kappa shape index (κ2) is 5.95. The normalized spacial score (nSPS) is 14.2. The van der Waals surface area contributed by atoms with Crippen molar-refractivity contribution < 1.29 is 19.7 Å².